The van der Waals surface area contributed by atoms with E-state index in [0.29, 0.717) is 4.88 Å². The molecule has 0 aliphatic carbocycles. The van der Waals surface area contributed by atoms with Gasteiger partial charge >= 0.3 is 5.97 Å². The highest BCUT2D eigenvalue weighted by Gasteiger charge is 2.11. The van der Waals surface area contributed by atoms with Crippen LogP contribution in [0.3, 0.4) is 0 Å². The predicted octanol–water partition coefficient (Wildman–Crippen LogP) is 2.16. The van der Waals surface area contributed by atoms with E-state index in [1.54, 1.807) is 16.9 Å². The molecule has 2 heterocycles. The van der Waals surface area contributed by atoms with E-state index in [1.807, 2.05) is 20.0 Å². The van der Waals surface area contributed by atoms with Crippen molar-refractivity contribution in [3.05, 3.63) is 28.9 Å². The number of carbonyl (C=O) groups is 1. The molecule has 0 spiro atoms. The molecule has 1 N–H and O–H groups in total. The molecule has 0 aliphatic heterocycles. The summed E-state index contributed by atoms with van der Waals surface area (Å²) in [6.45, 7) is 1.96. The van der Waals surface area contributed by atoms with Gasteiger partial charge in [0.2, 0.25) is 0 Å². The van der Waals surface area contributed by atoms with Crippen molar-refractivity contribution in [1.82, 2.24) is 9.78 Å². The van der Waals surface area contributed by atoms with Gasteiger partial charge in [0.25, 0.3) is 0 Å². The molecule has 2 aromatic heterocycles. The molecule has 0 unspecified atom stereocenters. The van der Waals surface area contributed by atoms with Crippen LogP contribution >= 0.6 is 11.3 Å². The number of carboxylic acid groups (broad SMARTS) is 1. The Hall–Kier alpha value is -1.62. The maximum absolute atomic E-state index is 10.7. The van der Waals surface area contributed by atoms with E-state index in [1.165, 1.54) is 11.3 Å². The first-order valence-corrected chi connectivity index (χ1v) is 5.23. The Bertz CT molecular complexity index is 513. The van der Waals surface area contributed by atoms with Crippen molar-refractivity contribution in [2.24, 2.45) is 7.05 Å². The topological polar surface area (TPSA) is 55.1 Å². The third-order valence-electron chi connectivity index (χ3n) is 2.32. The van der Waals surface area contributed by atoms with Gasteiger partial charge in [-0.15, -0.1) is 11.3 Å². The van der Waals surface area contributed by atoms with Crippen molar-refractivity contribution >= 4 is 17.3 Å². The Morgan fingerprint density at radius 2 is 2.27 bits per heavy atom. The second-order valence-electron chi connectivity index (χ2n) is 3.24. The van der Waals surface area contributed by atoms with Crippen molar-refractivity contribution in [1.29, 1.82) is 0 Å². The third kappa shape index (κ3) is 1.66. The largest absolute Gasteiger partial charge is 0.477 e. The van der Waals surface area contributed by atoms with Gasteiger partial charge < -0.3 is 5.11 Å². The number of hydrogen-bond acceptors (Lipinski definition) is 3. The SMILES string of the molecule is Cc1c(-c2ccc(C(=O)O)s2)cnn1C. The first-order chi connectivity index (χ1) is 7.09. The van der Waals surface area contributed by atoms with Crippen LogP contribution in [0.15, 0.2) is 18.3 Å². The van der Waals surface area contributed by atoms with Crippen molar-refractivity contribution in [3.8, 4) is 10.4 Å². The molecule has 2 aromatic rings. The number of carboxylic acids is 1. The molecule has 0 saturated heterocycles. The minimum Gasteiger partial charge on any atom is -0.477 e. The van der Waals surface area contributed by atoms with Crippen LogP contribution in [-0.4, -0.2) is 20.9 Å². The summed E-state index contributed by atoms with van der Waals surface area (Å²) in [6.07, 6.45) is 1.76. The molecule has 0 amide bonds. The average Bonchev–Trinajstić information content (AvgIpc) is 2.76. The summed E-state index contributed by atoms with van der Waals surface area (Å²) >= 11 is 1.27. The van der Waals surface area contributed by atoms with Crippen LogP contribution in [0.1, 0.15) is 15.4 Å². The lowest BCUT2D eigenvalue weighted by Gasteiger charge is -1.96. The Labute approximate surface area is 90.8 Å². The van der Waals surface area contributed by atoms with Gasteiger partial charge in [0.05, 0.1) is 6.20 Å². The van der Waals surface area contributed by atoms with Gasteiger partial charge in [-0.1, -0.05) is 0 Å². The molecule has 2 rings (SSSR count). The van der Waals surface area contributed by atoms with E-state index in [4.69, 9.17) is 5.11 Å². The van der Waals surface area contributed by atoms with E-state index in [-0.39, 0.29) is 0 Å². The summed E-state index contributed by atoms with van der Waals surface area (Å²) in [7, 11) is 1.87. The highest BCUT2D eigenvalue weighted by atomic mass is 32.1. The molecule has 0 bridgehead atoms. The molecule has 0 atom stereocenters. The molecule has 0 fully saturated rings. The van der Waals surface area contributed by atoms with Gasteiger partial charge in [0, 0.05) is 23.2 Å². The molecule has 15 heavy (non-hydrogen) atoms. The Morgan fingerprint density at radius 1 is 1.53 bits per heavy atom. The molecule has 5 heteroatoms. The minimum absolute atomic E-state index is 0.355. The fraction of sp³-hybridized carbons (Fsp3) is 0.200. The van der Waals surface area contributed by atoms with Gasteiger partial charge in [-0.2, -0.15) is 5.10 Å². The number of rotatable bonds is 2. The number of aryl methyl sites for hydroxylation is 1. The Morgan fingerprint density at radius 3 is 2.73 bits per heavy atom. The summed E-state index contributed by atoms with van der Waals surface area (Å²) in [6, 6.07) is 3.44. The smallest absolute Gasteiger partial charge is 0.345 e. The molecule has 78 valence electrons. The zero-order valence-corrected chi connectivity index (χ0v) is 9.21. The molecule has 0 radical (unpaired) electrons. The van der Waals surface area contributed by atoms with Crippen molar-refractivity contribution in [2.45, 2.75) is 6.92 Å². The monoisotopic (exact) mass is 222 g/mol. The minimum atomic E-state index is -0.882. The maximum Gasteiger partial charge on any atom is 0.345 e. The first-order valence-electron chi connectivity index (χ1n) is 4.41. The highest BCUT2D eigenvalue weighted by molar-refractivity contribution is 7.17. The van der Waals surface area contributed by atoms with E-state index in [0.717, 1.165) is 16.1 Å². The summed E-state index contributed by atoms with van der Waals surface area (Å²) in [5.41, 5.74) is 2.03. The van der Waals surface area contributed by atoms with Crippen molar-refractivity contribution < 1.29 is 9.90 Å². The second kappa shape index (κ2) is 3.51. The number of hydrogen-bond donors (Lipinski definition) is 1. The van der Waals surface area contributed by atoms with Crippen LogP contribution in [0.25, 0.3) is 10.4 Å². The number of aromatic nitrogens is 2. The van der Waals surface area contributed by atoms with E-state index < -0.39 is 5.97 Å². The zero-order chi connectivity index (χ0) is 11.0. The quantitative estimate of drug-likeness (QED) is 0.847. The van der Waals surface area contributed by atoms with Crippen molar-refractivity contribution in [3.63, 3.8) is 0 Å². The standard InChI is InChI=1S/C10H10N2O2S/c1-6-7(5-11-12(6)2)8-3-4-9(15-8)10(13)14/h3-5H,1-2H3,(H,13,14). The van der Waals surface area contributed by atoms with E-state index in [9.17, 15) is 4.79 Å². The van der Waals surface area contributed by atoms with Gasteiger partial charge in [0.15, 0.2) is 0 Å². The van der Waals surface area contributed by atoms with Crippen LogP contribution in [0.2, 0.25) is 0 Å². The van der Waals surface area contributed by atoms with Crippen LogP contribution in [-0.2, 0) is 7.05 Å². The number of nitrogens with zero attached hydrogens (tertiary/aromatic N) is 2. The van der Waals surface area contributed by atoms with E-state index in [2.05, 4.69) is 5.10 Å². The van der Waals surface area contributed by atoms with Crippen LogP contribution in [0.5, 0.6) is 0 Å². The highest BCUT2D eigenvalue weighted by Crippen LogP contribution is 2.29. The van der Waals surface area contributed by atoms with E-state index >= 15 is 0 Å². The maximum atomic E-state index is 10.7. The van der Waals surface area contributed by atoms with Crippen LogP contribution < -0.4 is 0 Å². The third-order valence-corrected chi connectivity index (χ3v) is 3.42. The summed E-state index contributed by atoms with van der Waals surface area (Å²) < 4.78 is 1.77. The zero-order valence-electron chi connectivity index (χ0n) is 8.39. The average molecular weight is 222 g/mol. The molecule has 4 nitrogen and oxygen atoms in total. The second-order valence-corrected chi connectivity index (χ2v) is 4.32. The fourth-order valence-electron chi connectivity index (χ4n) is 1.34. The van der Waals surface area contributed by atoms with Gasteiger partial charge in [0.1, 0.15) is 4.88 Å². The first kappa shape index (κ1) is 9.92. The van der Waals surface area contributed by atoms with Crippen LogP contribution in [0.4, 0.5) is 0 Å². The Kier molecular flexibility index (Phi) is 2.32. The Balaban J connectivity index is 2.46. The number of thiophene rings is 1. The predicted molar refractivity (Wildman–Crippen MR) is 58.2 cm³/mol. The van der Waals surface area contributed by atoms with Gasteiger partial charge in [-0.3, -0.25) is 4.68 Å². The summed E-state index contributed by atoms with van der Waals surface area (Å²) in [5, 5.41) is 12.9. The van der Waals surface area contributed by atoms with Crippen LogP contribution in [0, 0.1) is 6.92 Å². The molecular formula is C10H10N2O2S. The summed E-state index contributed by atoms with van der Waals surface area (Å²) in [5.74, 6) is -0.882. The van der Waals surface area contributed by atoms with Gasteiger partial charge in [-0.25, -0.2) is 4.79 Å². The summed E-state index contributed by atoms with van der Waals surface area (Å²) in [4.78, 5) is 12.0. The molecule has 0 aromatic carbocycles. The lowest BCUT2D eigenvalue weighted by atomic mass is 10.2. The lowest BCUT2D eigenvalue weighted by molar-refractivity contribution is 0.0702. The van der Waals surface area contributed by atoms with Gasteiger partial charge in [-0.05, 0) is 19.1 Å². The molecule has 0 aliphatic rings. The fourth-order valence-corrected chi connectivity index (χ4v) is 2.24. The lowest BCUT2D eigenvalue weighted by Crippen LogP contribution is -1.92. The normalized spacial score (nSPS) is 10.5. The van der Waals surface area contributed by atoms with Crippen molar-refractivity contribution in [2.75, 3.05) is 0 Å². The number of aromatic carboxylic acids is 1. The molecule has 0 saturated carbocycles. The molecular weight excluding hydrogens is 212 g/mol.